The summed E-state index contributed by atoms with van der Waals surface area (Å²) in [5, 5.41) is 14.3. The number of allylic oxidation sites excluding steroid dienone is 2. The largest absolute Gasteiger partial charge is 0.495 e. The van der Waals surface area contributed by atoms with Gasteiger partial charge in [0.25, 0.3) is 0 Å². The number of ether oxygens (including phenoxy) is 6. The van der Waals surface area contributed by atoms with Crippen LogP contribution in [0.4, 0.5) is 10.5 Å². The topological polar surface area (TPSA) is 162 Å². The minimum absolute atomic E-state index is 0.0697. The third kappa shape index (κ3) is 7.64. The molecular weight excluding hydrogens is 648 g/mol. The Balaban J connectivity index is 1.88. The number of nitrogens with one attached hydrogen (secondary N) is 1. The summed E-state index contributed by atoms with van der Waals surface area (Å²) in [4.78, 5) is 53.2. The maximum Gasteiger partial charge on any atom is 0.409 e. The second-order valence-electron chi connectivity index (χ2n) is 13.0. The average Bonchev–Trinajstić information content (AvgIpc) is 3.71. The first-order valence-electron chi connectivity index (χ1n) is 15.7. The van der Waals surface area contributed by atoms with Gasteiger partial charge in [-0.2, -0.15) is 0 Å². The molecule has 0 spiro atoms. The number of carbonyl (C=O) groups excluding carboxylic acids is 4. The molecule has 264 valence electrons. The van der Waals surface area contributed by atoms with E-state index in [0.717, 1.165) is 0 Å². The minimum Gasteiger partial charge on any atom is -0.495 e. The minimum atomic E-state index is -1.87. The van der Waals surface area contributed by atoms with E-state index in [1.807, 2.05) is 0 Å². The summed E-state index contributed by atoms with van der Waals surface area (Å²) in [7, 11) is 4.34. The number of rotatable bonds is 5. The molecule has 2 N–H and O–H groups in total. The molecule has 8 atom stereocenters. The Bertz CT molecular complexity index is 1500. The Labute approximate surface area is 285 Å². The molecule has 0 saturated carbocycles. The predicted octanol–water partition coefficient (Wildman–Crippen LogP) is 4.39. The van der Waals surface area contributed by atoms with Crippen LogP contribution >= 0.6 is 11.6 Å². The molecule has 3 aliphatic heterocycles. The summed E-state index contributed by atoms with van der Waals surface area (Å²) < 4.78 is 34.5. The zero-order chi connectivity index (χ0) is 35.7. The number of benzene rings is 1. The van der Waals surface area contributed by atoms with Crippen LogP contribution in [0.2, 0.25) is 5.02 Å². The van der Waals surface area contributed by atoms with Gasteiger partial charge in [0.2, 0.25) is 5.91 Å². The van der Waals surface area contributed by atoms with Gasteiger partial charge in [0.05, 0.1) is 31.2 Å². The fourth-order valence-corrected chi connectivity index (χ4v) is 6.49. The SMILES string of the molecule is COc1cc2cc(c1Cl)N(C)C(=O)CC(OC(=O)C(C)C)[C@]1(C)O[C@H]1[C@H](C)[C@@H]1C[C@@](O)(NC(=O)O1)[C@H](OC)/C=C\C=C(\C)C2OC(C)=O. The highest BCUT2D eigenvalue weighted by atomic mass is 35.5. The van der Waals surface area contributed by atoms with Crippen molar-refractivity contribution in [3.05, 3.63) is 46.5 Å². The van der Waals surface area contributed by atoms with Gasteiger partial charge in [-0.05, 0) is 31.6 Å². The second kappa shape index (κ2) is 14.5. The van der Waals surface area contributed by atoms with Gasteiger partial charge < -0.3 is 38.4 Å². The highest BCUT2D eigenvalue weighted by molar-refractivity contribution is 6.35. The van der Waals surface area contributed by atoms with Crippen molar-refractivity contribution in [2.24, 2.45) is 11.8 Å². The number of amides is 2. The van der Waals surface area contributed by atoms with E-state index in [4.69, 9.17) is 40.0 Å². The Morgan fingerprint density at radius 3 is 2.48 bits per heavy atom. The summed E-state index contributed by atoms with van der Waals surface area (Å²) in [5.74, 6) is -2.30. The van der Waals surface area contributed by atoms with E-state index >= 15 is 0 Å². The highest BCUT2D eigenvalue weighted by Crippen LogP contribution is 2.49. The summed E-state index contributed by atoms with van der Waals surface area (Å²) in [6.07, 6.45) is -0.776. The van der Waals surface area contributed by atoms with E-state index < -0.39 is 77.6 Å². The van der Waals surface area contributed by atoms with E-state index in [9.17, 15) is 24.3 Å². The van der Waals surface area contributed by atoms with Gasteiger partial charge in [-0.1, -0.05) is 50.6 Å². The van der Waals surface area contributed by atoms with Crippen LogP contribution in [0, 0.1) is 11.8 Å². The molecule has 3 heterocycles. The van der Waals surface area contributed by atoms with E-state index in [0.29, 0.717) is 11.1 Å². The molecule has 1 aromatic rings. The molecule has 2 unspecified atom stereocenters. The summed E-state index contributed by atoms with van der Waals surface area (Å²) in [6.45, 7) is 9.90. The van der Waals surface area contributed by atoms with Crippen molar-refractivity contribution in [3.63, 3.8) is 0 Å². The molecule has 3 aliphatic rings. The van der Waals surface area contributed by atoms with Crippen LogP contribution in [0.5, 0.6) is 5.75 Å². The molecule has 2 amide bonds. The van der Waals surface area contributed by atoms with Crippen molar-refractivity contribution < 1.29 is 52.7 Å². The fraction of sp³-hybridized carbons (Fsp3) is 0.588. The third-order valence-electron chi connectivity index (χ3n) is 9.14. The van der Waals surface area contributed by atoms with Gasteiger partial charge in [-0.25, -0.2) is 4.79 Å². The van der Waals surface area contributed by atoms with Gasteiger partial charge in [0, 0.05) is 39.0 Å². The first-order valence-corrected chi connectivity index (χ1v) is 16.1. The van der Waals surface area contributed by atoms with Crippen LogP contribution in [-0.2, 0) is 38.1 Å². The van der Waals surface area contributed by atoms with Gasteiger partial charge in [-0.15, -0.1) is 0 Å². The normalized spacial score (nSPS) is 34.2. The smallest absolute Gasteiger partial charge is 0.409 e. The molecule has 1 aromatic carbocycles. The van der Waals surface area contributed by atoms with E-state index in [-0.39, 0.29) is 29.3 Å². The third-order valence-corrected chi connectivity index (χ3v) is 9.52. The standard InChI is InChI=1S/C34H45ClN2O11/c1-17(2)31(40)47-26-15-27(39)37(7)22-13-21(14-23(43-8)28(22)35)29(45-20(5)38)18(3)11-10-12-25(44-9)34(42)16-24(46-32(41)36-34)19(4)30-33(26,6)48-30/h10-14,17,19,24-26,29-30,42H,15-16H2,1-9H3,(H,36,41)/b12-10-,18-11-/t19-,24+,25-,26?,29?,30+,33+,34+/m1/s1. The number of epoxide rings is 1. The molecule has 2 saturated heterocycles. The lowest BCUT2D eigenvalue weighted by Crippen LogP contribution is -2.63. The van der Waals surface area contributed by atoms with Crippen LogP contribution in [0.15, 0.2) is 35.9 Å². The number of fused-ring (bicyclic) bond motifs is 5. The zero-order valence-corrected chi connectivity index (χ0v) is 29.5. The van der Waals surface area contributed by atoms with Crippen LogP contribution < -0.4 is 15.0 Å². The van der Waals surface area contributed by atoms with Crippen molar-refractivity contribution in [3.8, 4) is 5.75 Å². The maximum atomic E-state index is 14.0. The van der Waals surface area contributed by atoms with E-state index in [1.54, 1.807) is 65.0 Å². The van der Waals surface area contributed by atoms with Crippen molar-refractivity contribution in [1.82, 2.24) is 5.32 Å². The number of esters is 2. The summed E-state index contributed by atoms with van der Waals surface area (Å²) in [5.41, 5.74) is -1.71. The molecule has 48 heavy (non-hydrogen) atoms. The maximum absolute atomic E-state index is 14.0. The summed E-state index contributed by atoms with van der Waals surface area (Å²) >= 11 is 6.73. The Morgan fingerprint density at radius 1 is 1.19 bits per heavy atom. The van der Waals surface area contributed by atoms with E-state index in [2.05, 4.69) is 5.32 Å². The molecule has 2 fully saturated rings. The fourth-order valence-electron chi connectivity index (χ4n) is 6.18. The Kier molecular flexibility index (Phi) is 11.2. The number of halogens is 1. The first-order chi connectivity index (χ1) is 22.4. The van der Waals surface area contributed by atoms with E-state index in [1.165, 1.54) is 33.1 Å². The highest BCUT2D eigenvalue weighted by Gasteiger charge is 2.64. The summed E-state index contributed by atoms with van der Waals surface area (Å²) in [6, 6.07) is 3.23. The lowest BCUT2D eigenvalue weighted by Gasteiger charge is -2.42. The number of aliphatic hydroxyl groups is 1. The Hall–Kier alpha value is -3.65. The van der Waals surface area contributed by atoms with Gasteiger partial charge in [0.1, 0.15) is 40.8 Å². The average molecular weight is 693 g/mol. The number of alkyl carbamates (subject to hydrolysis) is 1. The van der Waals surface area contributed by atoms with Crippen molar-refractivity contribution in [2.45, 2.75) is 96.2 Å². The lowest BCUT2D eigenvalue weighted by atomic mass is 9.83. The van der Waals surface area contributed by atoms with Gasteiger partial charge in [-0.3, -0.25) is 19.7 Å². The lowest BCUT2D eigenvalue weighted by molar-refractivity contribution is -0.157. The molecule has 0 aromatic heterocycles. The number of nitrogens with zero attached hydrogens (tertiary/aromatic N) is 1. The van der Waals surface area contributed by atoms with Crippen molar-refractivity contribution in [1.29, 1.82) is 0 Å². The van der Waals surface area contributed by atoms with Crippen molar-refractivity contribution >= 4 is 41.2 Å². The molecule has 0 aliphatic carbocycles. The van der Waals surface area contributed by atoms with Gasteiger partial charge >= 0.3 is 18.0 Å². The van der Waals surface area contributed by atoms with Crippen LogP contribution in [0.3, 0.4) is 0 Å². The van der Waals surface area contributed by atoms with Crippen LogP contribution in [-0.4, -0.2) is 86.1 Å². The van der Waals surface area contributed by atoms with Gasteiger partial charge in [0.15, 0.2) is 5.72 Å². The molecule has 4 bridgehead atoms. The first kappa shape index (κ1) is 37.2. The zero-order valence-electron chi connectivity index (χ0n) is 28.7. The monoisotopic (exact) mass is 692 g/mol. The number of methoxy groups -OCH3 is 2. The van der Waals surface area contributed by atoms with Crippen molar-refractivity contribution in [2.75, 3.05) is 26.2 Å². The molecule has 4 rings (SSSR count). The second-order valence-corrected chi connectivity index (χ2v) is 13.4. The number of carbonyl (C=O) groups is 4. The molecule has 13 nitrogen and oxygen atoms in total. The molecular formula is C34H45ClN2O11. The quantitative estimate of drug-likeness (QED) is 0.256. The molecule has 0 radical (unpaired) electrons. The number of anilines is 1. The van der Waals surface area contributed by atoms with Crippen LogP contribution in [0.25, 0.3) is 0 Å². The molecule has 14 heteroatoms. The Morgan fingerprint density at radius 2 is 1.88 bits per heavy atom. The van der Waals surface area contributed by atoms with Crippen LogP contribution in [0.1, 0.15) is 66.1 Å². The number of hydrogen-bond acceptors (Lipinski definition) is 11. The number of hydrogen-bond donors (Lipinski definition) is 2. The predicted molar refractivity (Wildman–Crippen MR) is 174 cm³/mol.